The topological polar surface area (TPSA) is 124 Å². The van der Waals surface area contributed by atoms with Crippen LogP contribution < -0.4 is 9.47 Å². The van der Waals surface area contributed by atoms with Crippen molar-refractivity contribution in [2.75, 3.05) is 26.4 Å². The van der Waals surface area contributed by atoms with Crippen molar-refractivity contribution in [2.45, 2.75) is 195 Å². The van der Waals surface area contributed by atoms with Crippen molar-refractivity contribution in [1.29, 1.82) is 0 Å². The van der Waals surface area contributed by atoms with Gasteiger partial charge in [0.25, 0.3) is 0 Å². The maximum Gasteiger partial charge on any atom is 0.352 e. The van der Waals surface area contributed by atoms with Gasteiger partial charge in [-0.05, 0) is 135 Å². The Morgan fingerprint density at radius 2 is 0.844 bits per heavy atom. The first-order valence-electron chi connectivity index (χ1n) is 25.2. The molecule has 0 N–H and O–H groups in total. The van der Waals surface area contributed by atoms with Crippen molar-refractivity contribution in [3.8, 4) is 11.5 Å². The molecule has 2 aliphatic carbocycles. The second-order valence-corrected chi connectivity index (χ2v) is 18.9. The van der Waals surface area contributed by atoms with Crippen molar-refractivity contribution in [3.05, 3.63) is 59.7 Å². The van der Waals surface area contributed by atoms with Crippen molar-refractivity contribution in [3.63, 3.8) is 0 Å². The molecule has 2 aromatic carbocycles. The third-order valence-corrected chi connectivity index (χ3v) is 14.3. The highest BCUT2D eigenvalue weighted by atomic mass is 16.6. The number of hydrogen-bond acceptors (Lipinski definition) is 10. The Balaban J connectivity index is 1.41. The molecule has 358 valence electrons. The van der Waals surface area contributed by atoms with Gasteiger partial charge in [0.05, 0.1) is 37.6 Å². The fourth-order valence-electron chi connectivity index (χ4n) is 10.2. The highest BCUT2D eigenvalue weighted by Crippen LogP contribution is 2.49. The Morgan fingerprint density at radius 1 is 0.484 bits per heavy atom. The van der Waals surface area contributed by atoms with Gasteiger partial charge < -0.3 is 28.4 Å². The third kappa shape index (κ3) is 16.1. The zero-order valence-electron chi connectivity index (χ0n) is 40.4. The summed E-state index contributed by atoms with van der Waals surface area (Å²) in [7, 11) is 0. The maximum atomic E-state index is 13.7. The van der Waals surface area contributed by atoms with E-state index in [2.05, 4.69) is 27.7 Å². The lowest BCUT2D eigenvalue weighted by atomic mass is 9.63. The molecule has 2 aliphatic rings. The first-order chi connectivity index (χ1) is 31.0. The molecule has 64 heavy (non-hydrogen) atoms. The largest absolute Gasteiger partial charge is 0.494 e. The highest BCUT2D eigenvalue weighted by Gasteiger charge is 2.43. The van der Waals surface area contributed by atoms with E-state index in [0.29, 0.717) is 60.2 Å². The number of esters is 4. The highest BCUT2D eigenvalue weighted by molar-refractivity contribution is 5.96. The molecule has 0 spiro atoms. The summed E-state index contributed by atoms with van der Waals surface area (Å²) in [5.41, 5.74) is 1.02. The zero-order chi connectivity index (χ0) is 46.2. The van der Waals surface area contributed by atoms with Crippen molar-refractivity contribution < 1.29 is 47.6 Å². The predicted molar refractivity (Wildman–Crippen MR) is 252 cm³/mol. The van der Waals surface area contributed by atoms with Gasteiger partial charge in [-0.3, -0.25) is 0 Å². The summed E-state index contributed by atoms with van der Waals surface area (Å²) in [5.74, 6) is -1.21. The molecule has 0 amide bonds. The van der Waals surface area contributed by atoms with Gasteiger partial charge >= 0.3 is 23.9 Å². The van der Waals surface area contributed by atoms with Gasteiger partial charge in [0.2, 0.25) is 12.2 Å². The van der Waals surface area contributed by atoms with Crippen molar-refractivity contribution >= 4 is 23.9 Å². The molecule has 2 aromatic rings. The van der Waals surface area contributed by atoms with Gasteiger partial charge in [-0.1, -0.05) is 119 Å². The number of rotatable bonds is 29. The van der Waals surface area contributed by atoms with Crippen LogP contribution in [0.15, 0.2) is 48.5 Å². The monoisotopic (exact) mass is 891 g/mol. The number of unbranched alkanes of at least 4 members (excludes halogenated alkanes) is 2. The quantitative estimate of drug-likeness (QED) is 0.0443. The van der Waals surface area contributed by atoms with Gasteiger partial charge in [0.15, 0.2) is 0 Å². The summed E-state index contributed by atoms with van der Waals surface area (Å²) in [5, 5.41) is 0. The van der Waals surface area contributed by atoms with Crippen molar-refractivity contribution in [2.24, 2.45) is 22.7 Å². The van der Waals surface area contributed by atoms with E-state index in [1.807, 2.05) is 13.8 Å². The van der Waals surface area contributed by atoms with Gasteiger partial charge in [-0.15, -0.1) is 0 Å². The smallest absolute Gasteiger partial charge is 0.352 e. The lowest BCUT2D eigenvalue weighted by Gasteiger charge is -2.43. The Labute approximate surface area is 385 Å². The molecule has 0 aliphatic heterocycles. The first-order valence-corrected chi connectivity index (χ1v) is 25.2. The molecular formula is C54H82O10. The van der Waals surface area contributed by atoms with Crippen LogP contribution in [0.5, 0.6) is 11.5 Å². The van der Waals surface area contributed by atoms with Crippen LogP contribution in [0.25, 0.3) is 0 Å². The Bertz CT molecular complexity index is 1530. The lowest BCUT2D eigenvalue weighted by Crippen LogP contribution is -2.47. The second kappa shape index (κ2) is 28.1. The van der Waals surface area contributed by atoms with E-state index in [1.165, 1.54) is 89.9 Å². The standard InChI is InChI=1S/C54H82O10/c1-7-11-37-61-51(57)47(63-49(55)43-23-27-45(28-24-43)59-39-19-35-53(41(5)21-9-3)31-15-13-16-32-53)48(52(58)62-38-12-8-2)64-50(56)44-25-29-46(30-26-44)60-40-20-36-54(42(6)22-10-4)33-17-14-18-34-54/h23-30,41-42,47-48H,7-22,31-40H2,1-6H3/t41?,42?,47-,48-/m1/s1. The first kappa shape index (κ1) is 52.5. The molecular weight excluding hydrogens is 809 g/mol. The molecule has 4 atom stereocenters. The summed E-state index contributed by atoms with van der Waals surface area (Å²) < 4.78 is 34.6. The van der Waals surface area contributed by atoms with Crippen molar-refractivity contribution in [1.82, 2.24) is 0 Å². The van der Waals surface area contributed by atoms with E-state index >= 15 is 0 Å². The maximum absolute atomic E-state index is 13.7. The van der Waals surface area contributed by atoms with Crippen LogP contribution in [0.2, 0.25) is 0 Å². The van der Waals surface area contributed by atoms with Crippen LogP contribution in [-0.2, 0) is 28.5 Å². The summed E-state index contributed by atoms with van der Waals surface area (Å²) in [6.45, 7) is 14.4. The van der Waals surface area contributed by atoms with E-state index in [0.717, 1.165) is 38.5 Å². The van der Waals surface area contributed by atoms with Crippen LogP contribution in [0.4, 0.5) is 0 Å². The SMILES string of the molecule is CCCCOC(=O)[C@H](OC(=O)c1ccc(OCCCC2(C(C)CCC)CCCCC2)cc1)[C@@H](OC(=O)c1ccc(OCCCC2(C(C)CCC)CCCCC2)cc1)C(=O)OCCCC. The Kier molecular flexibility index (Phi) is 23.0. The number of benzene rings is 2. The number of hydrogen-bond donors (Lipinski definition) is 0. The number of carbonyl (C=O) groups is 4. The van der Waals surface area contributed by atoms with E-state index in [4.69, 9.17) is 28.4 Å². The Hall–Kier alpha value is -4.08. The summed E-state index contributed by atoms with van der Waals surface area (Å²) in [6, 6.07) is 12.9. The molecule has 0 aromatic heterocycles. The summed E-state index contributed by atoms with van der Waals surface area (Å²) in [6.07, 6.45) is 20.8. The average molecular weight is 891 g/mol. The zero-order valence-corrected chi connectivity index (χ0v) is 40.4. The lowest BCUT2D eigenvalue weighted by molar-refractivity contribution is -0.174. The van der Waals surface area contributed by atoms with Crippen LogP contribution >= 0.6 is 0 Å². The Morgan fingerprint density at radius 3 is 1.17 bits per heavy atom. The van der Waals surface area contributed by atoms with Crippen LogP contribution in [0, 0.1) is 22.7 Å². The molecule has 10 nitrogen and oxygen atoms in total. The fraction of sp³-hybridized carbons (Fsp3) is 0.704. The minimum absolute atomic E-state index is 0.0276. The van der Waals surface area contributed by atoms with E-state index in [1.54, 1.807) is 48.5 Å². The molecule has 2 unspecified atom stereocenters. The molecule has 0 bridgehead atoms. The number of carbonyl (C=O) groups excluding carboxylic acids is 4. The molecule has 0 radical (unpaired) electrons. The summed E-state index contributed by atoms with van der Waals surface area (Å²) in [4.78, 5) is 54.6. The van der Waals surface area contributed by atoms with E-state index in [9.17, 15) is 19.2 Å². The average Bonchev–Trinajstić information content (AvgIpc) is 3.31. The van der Waals surface area contributed by atoms with Crippen LogP contribution in [0.3, 0.4) is 0 Å². The fourth-order valence-corrected chi connectivity index (χ4v) is 10.2. The minimum atomic E-state index is -1.92. The predicted octanol–water partition coefficient (Wildman–Crippen LogP) is 13.2. The normalized spacial score (nSPS) is 17.5. The molecule has 4 rings (SSSR count). The van der Waals surface area contributed by atoms with Gasteiger partial charge in [-0.2, -0.15) is 0 Å². The van der Waals surface area contributed by atoms with Gasteiger partial charge in [-0.25, -0.2) is 19.2 Å². The molecule has 2 saturated carbocycles. The van der Waals surface area contributed by atoms with E-state index in [-0.39, 0.29) is 24.3 Å². The van der Waals surface area contributed by atoms with E-state index < -0.39 is 36.1 Å². The minimum Gasteiger partial charge on any atom is -0.494 e. The van der Waals surface area contributed by atoms with Gasteiger partial charge in [0, 0.05) is 0 Å². The van der Waals surface area contributed by atoms with Crippen LogP contribution in [0.1, 0.15) is 204 Å². The molecule has 0 heterocycles. The van der Waals surface area contributed by atoms with Gasteiger partial charge in [0.1, 0.15) is 11.5 Å². The van der Waals surface area contributed by atoms with Crippen LogP contribution in [-0.4, -0.2) is 62.5 Å². The molecule has 2 fully saturated rings. The molecule has 10 heteroatoms. The second-order valence-electron chi connectivity index (χ2n) is 18.9. The molecule has 0 saturated heterocycles. The third-order valence-electron chi connectivity index (χ3n) is 14.3. The summed E-state index contributed by atoms with van der Waals surface area (Å²) >= 11 is 0. The number of ether oxygens (including phenoxy) is 6.